The van der Waals surface area contributed by atoms with Gasteiger partial charge in [-0.05, 0) is 51.1 Å². The van der Waals surface area contributed by atoms with Crippen LogP contribution in [0.4, 0.5) is 24.4 Å². The molecule has 8 nitrogen and oxygen atoms in total. The number of hydrogen-bond donors (Lipinski definition) is 1. The Hall–Kier alpha value is -3.05. The lowest BCUT2D eigenvalue weighted by Crippen LogP contribution is -2.64. The second-order valence-electron chi connectivity index (χ2n) is 10.8. The Kier molecular flexibility index (Phi) is 7.09. The molecular formula is C28H24BrF2N5O3S2. The van der Waals surface area contributed by atoms with Gasteiger partial charge in [-0.15, -0.1) is 11.3 Å². The summed E-state index contributed by atoms with van der Waals surface area (Å²) in [6.45, 7) is 6.29. The number of aromatic nitrogens is 2. The van der Waals surface area contributed by atoms with Gasteiger partial charge in [-0.1, -0.05) is 33.8 Å². The van der Waals surface area contributed by atoms with Crippen LogP contribution in [0.1, 0.15) is 32.8 Å². The topological polar surface area (TPSA) is 100 Å². The molecule has 2 unspecified atom stereocenters. The largest absolute Gasteiger partial charge is 0.444 e. The minimum absolute atomic E-state index is 0.0124. The molecule has 0 spiro atoms. The quantitative estimate of drug-likeness (QED) is 0.178. The highest BCUT2D eigenvalue weighted by molar-refractivity contribution is 9.10. The van der Waals surface area contributed by atoms with Gasteiger partial charge in [0, 0.05) is 20.8 Å². The van der Waals surface area contributed by atoms with E-state index in [4.69, 9.17) is 14.5 Å². The monoisotopic (exact) mass is 659 g/mol. The van der Waals surface area contributed by atoms with Gasteiger partial charge in [-0.3, -0.25) is 5.32 Å². The SMILES string of the molecule is CSc1nc(N2C3COCC2C3)c2cc(Br)c(-c3ccc(F)c4sc(NC(=O)OC(C)(C)C)c(C#N)c34)c(F)c2n1. The fourth-order valence-electron chi connectivity index (χ4n) is 5.35. The average molecular weight is 661 g/mol. The van der Waals surface area contributed by atoms with Crippen molar-refractivity contribution in [1.82, 2.24) is 9.97 Å². The Morgan fingerprint density at radius 3 is 2.66 bits per heavy atom. The molecule has 2 atom stereocenters. The van der Waals surface area contributed by atoms with Crippen LogP contribution in [-0.4, -0.2) is 53.2 Å². The molecule has 2 saturated heterocycles. The third-order valence-electron chi connectivity index (χ3n) is 7.01. The number of nitrogens with zero attached hydrogens (tertiary/aromatic N) is 4. The number of halogens is 3. The van der Waals surface area contributed by atoms with Gasteiger partial charge < -0.3 is 14.4 Å². The predicted molar refractivity (Wildman–Crippen MR) is 160 cm³/mol. The number of amides is 1. The van der Waals surface area contributed by atoms with Gasteiger partial charge in [0.15, 0.2) is 11.0 Å². The standard InChI is InChI=1S/C28H24BrF2N5O3S2/c1-28(2,3)39-27(37)35-25-16(9-32)19-14(5-6-18(30)23(19)41-25)20-17(29)8-15-22(21(20)31)33-26(40-4)34-24(15)36-12-7-13(36)11-38-10-12/h5-6,8,12-13H,7,10-11H2,1-4H3,(H,35,37). The third kappa shape index (κ3) is 4.80. The molecule has 2 aliphatic rings. The number of hydrogen-bond acceptors (Lipinski definition) is 9. The van der Waals surface area contributed by atoms with Gasteiger partial charge in [-0.25, -0.2) is 23.5 Å². The number of nitriles is 1. The van der Waals surface area contributed by atoms with Crippen LogP contribution in [0.3, 0.4) is 0 Å². The molecule has 2 aromatic heterocycles. The van der Waals surface area contributed by atoms with E-state index < -0.39 is 23.3 Å². The maximum atomic E-state index is 16.6. The molecular weight excluding hydrogens is 636 g/mol. The minimum atomic E-state index is -0.782. The number of carbonyl (C=O) groups excluding carboxylic acids is 1. The van der Waals surface area contributed by atoms with E-state index in [9.17, 15) is 10.1 Å². The number of ether oxygens (including phenoxy) is 2. The Morgan fingerprint density at radius 1 is 1.29 bits per heavy atom. The summed E-state index contributed by atoms with van der Waals surface area (Å²) in [5.41, 5.74) is -0.219. The number of thioether (sulfide) groups is 1. The summed E-state index contributed by atoms with van der Waals surface area (Å²) >= 11 is 5.75. The van der Waals surface area contributed by atoms with Gasteiger partial charge in [0.05, 0.1) is 35.6 Å². The predicted octanol–water partition coefficient (Wildman–Crippen LogP) is 7.47. The number of anilines is 2. The van der Waals surface area contributed by atoms with Crippen molar-refractivity contribution in [3.63, 3.8) is 0 Å². The number of nitrogens with one attached hydrogen (secondary N) is 1. The second kappa shape index (κ2) is 10.3. The number of rotatable bonds is 4. The molecule has 2 bridgehead atoms. The molecule has 0 aliphatic carbocycles. The van der Waals surface area contributed by atoms with Crippen LogP contribution >= 0.6 is 39.0 Å². The molecule has 4 heterocycles. The molecule has 0 saturated carbocycles. The summed E-state index contributed by atoms with van der Waals surface area (Å²) in [6.07, 6.45) is 2.04. The van der Waals surface area contributed by atoms with Crippen LogP contribution in [0.25, 0.3) is 32.1 Å². The molecule has 41 heavy (non-hydrogen) atoms. The number of thiophene rings is 1. The van der Waals surface area contributed by atoms with Gasteiger partial charge in [0.2, 0.25) is 0 Å². The number of benzene rings is 2. The molecule has 212 valence electrons. The van der Waals surface area contributed by atoms with E-state index in [-0.39, 0.29) is 49.4 Å². The number of carbonyl (C=O) groups is 1. The zero-order valence-corrected chi connectivity index (χ0v) is 25.7. The van der Waals surface area contributed by atoms with E-state index in [1.54, 1.807) is 26.8 Å². The lowest BCUT2D eigenvalue weighted by atomic mass is 9.90. The Labute approximate surface area is 251 Å². The van der Waals surface area contributed by atoms with Gasteiger partial charge >= 0.3 is 6.09 Å². The normalized spacial score (nSPS) is 18.3. The highest BCUT2D eigenvalue weighted by Crippen LogP contribution is 2.47. The van der Waals surface area contributed by atoms with E-state index in [2.05, 4.69) is 37.2 Å². The lowest BCUT2D eigenvalue weighted by molar-refractivity contribution is 0.00983. The summed E-state index contributed by atoms with van der Waals surface area (Å²) in [5, 5.41) is 13.9. The van der Waals surface area contributed by atoms with E-state index in [1.807, 2.05) is 6.26 Å². The summed E-state index contributed by atoms with van der Waals surface area (Å²) in [5.74, 6) is -0.572. The molecule has 4 aromatic rings. The summed E-state index contributed by atoms with van der Waals surface area (Å²) in [7, 11) is 0. The maximum absolute atomic E-state index is 16.6. The van der Waals surface area contributed by atoms with E-state index in [0.717, 1.165) is 17.8 Å². The van der Waals surface area contributed by atoms with E-state index in [1.165, 1.54) is 23.9 Å². The molecule has 2 aromatic carbocycles. The van der Waals surface area contributed by atoms with Crippen molar-refractivity contribution >= 4 is 76.9 Å². The minimum Gasteiger partial charge on any atom is -0.444 e. The van der Waals surface area contributed by atoms with Gasteiger partial charge in [0.1, 0.15) is 33.8 Å². The molecule has 0 radical (unpaired) electrons. The maximum Gasteiger partial charge on any atom is 0.412 e. The van der Waals surface area contributed by atoms with E-state index in [0.29, 0.717) is 34.0 Å². The zero-order valence-electron chi connectivity index (χ0n) is 22.5. The van der Waals surface area contributed by atoms with Crippen molar-refractivity contribution in [3.8, 4) is 17.2 Å². The van der Waals surface area contributed by atoms with E-state index >= 15 is 8.78 Å². The van der Waals surface area contributed by atoms with Gasteiger partial charge in [0.25, 0.3) is 0 Å². The van der Waals surface area contributed by atoms with Crippen molar-refractivity contribution in [2.24, 2.45) is 0 Å². The average Bonchev–Trinajstić information content (AvgIpc) is 3.28. The van der Waals surface area contributed by atoms with Crippen LogP contribution in [-0.2, 0) is 9.47 Å². The number of fused-ring (bicyclic) bond motifs is 4. The molecule has 1 amide bonds. The highest BCUT2D eigenvalue weighted by atomic mass is 79.9. The first-order valence-corrected chi connectivity index (χ1v) is 15.6. The first-order valence-electron chi connectivity index (χ1n) is 12.8. The summed E-state index contributed by atoms with van der Waals surface area (Å²) in [6, 6.07) is 6.84. The summed E-state index contributed by atoms with van der Waals surface area (Å²) in [4.78, 5) is 23.9. The van der Waals surface area contributed by atoms with Crippen LogP contribution in [0.2, 0.25) is 0 Å². The first-order chi connectivity index (χ1) is 19.5. The fourth-order valence-corrected chi connectivity index (χ4v) is 7.39. The zero-order chi connectivity index (χ0) is 29.2. The van der Waals surface area contributed by atoms with Crippen LogP contribution < -0.4 is 10.2 Å². The van der Waals surface area contributed by atoms with Crippen LogP contribution in [0, 0.1) is 23.0 Å². The van der Waals surface area contributed by atoms with Crippen molar-refractivity contribution in [2.45, 2.75) is 50.0 Å². The molecule has 2 aliphatic heterocycles. The second-order valence-corrected chi connectivity index (χ2v) is 13.5. The first kappa shape index (κ1) is 28.1. The van der Waals surface area contributed by atoms with Crippen molar-refractivity contribution in [2.75, 3.05) is 29.7 Å². The van der Waals surface area contributed by atoms with Crippen molar-refractivity contribution in [3.05, 3.63) is 39.9 Å². The van der Waals surface area contributed by atoms with Crippen LogP contribution in [0.15, 0.2) is 27.8 Å². The molecule has 6 rings (SSSR count). The van der Waals surface area contributed by atoms with Crippen LogP contribution in [0.5, 0.6) is 0 Å². The number of morpholine rings is 1. The Bertz CT molecular complexity index is 1770. The fraction of sp³-hybridized carbons (Fsp3) is 0.357. The Morgan fingerprint density at radius 2 is 2.02 bits per heavy atom. The molecule has 13 heteroatoms. The lowest BCUT2D eigenvalue weighted by Gasteiger charge is -2.53. The smallest absolute Gasteiger partial charge is 0.412 e. The third-order valence-corrected chi connectivity index (χ3v) is 9.29. The molecule has 1 N–H and O–H groups in total. The van der Waals surface area contributed by atoms with Crippen molar-refractivity contribution in [1.29, 1.82) is 5.26 Å². The summed E-state index contributed by atoms with van der Waals surface area (Å²) < 4.78 is 43.2. The highest BCUT2D eigenvalue weighted by Gasteiger charge is 2.44. The van der Waals surface area contributed by atoms with Crippen molar-refractivity contribution < 1.29 is 23.0 Å². The molecule has 2 fully saturated rings. The Balaban J connectivity index is 1.55. The van der Waals surface area contributed by atoms with Gasteiger partial charge in [-0.2, -0.15) is 5.26 Å².